The Balaban J connectivity index is 1.04. The summed E-state index contributed by atoms with van der Waals surface area (Å²) in [6, 6.07) is 12.5. The van der Waals surface area contributed by atoms with Gasteiger partial charge < -0.3 is 76.3 Å². The minimum absolute atomic E-state index is 0.00795. The lowest BCUT2D eigenvalue weighted by atomic mass is 9.87. The molecule has 0 spiro atoms. The monoisotopic (exact) mass is 852 g/mol. The van der Waals surface area contributed by atoms with Gasteiger partial charge in [0.05, 0.1) is 44.6 Å². The molecular formula is C39H44N6O14S. The zero-order valence-corrected chi connectivity index (χ0v) is 32.8. The van der Waals surface area contributed by atoms with E-state index in [1.54, 1.807) is 31.2 Å². The normalized spacial score (nSPS) is 17.1. The number of hydrogen-bond donors (Lipinski definition) is 10. The molecule has 60 heavy (non-hydrogen) atoms. The van der Waals surface area contributed by atoms with Gasteiger partial charge in [-0.3, -0.25) is 4.79 Å². The summed E-state index contributed by atoms with van der Waals surface area (Å²) in [5.41, 5.74) is 12.6. The Labute approximate surface area is 346 Å². The number of amides is 1. The van der Waals surface area contributed by atoms with Crippen molar-refractivity contribution in [1.82, 2.24) is 10.6 Å². The molecule has 1 amide bonds. The average Bonchev–Trinajstić information content (AvgIpc) is 3.20. The largest absolute Gasteiger partial charge is 0.508 e. The van der Waals surface area contributed by atoms with Crippen LogP contribution in [-0.2, 0) is 23.7 Å². The predicted octanol–water partition coefficient (Wildman–Crippen LogP) is 1.38. The van der Waals surface area contributed by atoms with Crippen LogP contribution < -0.4 is 32.8 Å². The standard InChI is InChI=1S/C39H44N6O14S/c1-19-27(45-37(40)41)17-31(36(52)53)58-33(19)34(28(49)18-46)59-39(54)43-9-11-56-13-12-55-10-8-42-38(60)44-20-2-5-23(26(14-20)35(50)51)32-24-6-3-21(47)15-29(24)57-30-16-22(48)4-7-25(30)32/h2-7,14-17,19,27-28,33-34,46-47,49H,8-13,18H2,1H3,(H,43,54)(H,50,51)(H,52,53)(H4,40,41,45)(H2,42,44,60)/t19-,27+,28-,33-,34-/m1/s1. The second kappa shape index (κ2) is 20.4. The number of carboxylic acid groups (broad SMARTS) is 2. The highest BCUT2D eigenvalue weighted by molar-refractivity contribution is 7.80. The van der Waals surface area contributed by atoms with Crippen molar-refractivity contribution in [3.8, 4) is 28.2 Å². The molecule has 2 aliphatic heterocycles. The molecule has 2 aromatic carbocycles. The third-order valence-electron chi connectivity index (χ3n) is 9.16. The van der Waals surface area contributed by atoms with Crippen LogP contribution in [0.3, 0.4) is 0 Å². The van der Waals surface area contributed by atoms with E-state index >= 15 is 0 Å². The van der Waals surface area contributed by atoms with Crippen LogP contribution in [0.4, 0.5) is 10.5 Å². The van der Waals surface area contributed by atoms with Crippen molar-refractivity contribution in [2.75, 3.05) is 51.4 Å². The van der Waals surface area contributed by atoms with E-state index in [1.807, 2.05) is 0 Å². The van der Waals surface area contributed by atoms with Crippen molar-refractivity contribution >= 4 is 58.0 Å². The minimum atomic E-state index is -1.63. The van der Waals surface area contributed by atoms with Crippen molar-refractivity contribution in [2.24, 2.45) is 22.4 Å². The van der Waals surface area contributed by atoms with Crippen LogP contribution in [0.1, 0.15) is 17.3 Å². The number of nitrogens with one attached hydrogen (secondary N) is 3. The number of aromatic hydroxyl groups is 1. The Morgan fingerprint density at radius 1 is 0.933 bits per heavy atom. The van der Waals surface area contributed by atoms with Gasteiger partial charge in [-0.25, -0.2) is 19.4 Å². The molecule has 2 aromatic rings. The fourth-order valence-electron chi connectivity index (χ4n) is 6.37. The number of aliphatic hydroxyl groups excluding tert-OH is 2. The maximum absolute atomic E-state index is 12.6. The van der Waals surface area contributed by atoms with Gasteiger partial charge in [-0.05, 0) is 60.3 Å². The van der Waals surface area contributed by atoms with E-state index in [9.17, 15) is 44.7 Å². The number of carbonyl (C=O) groups is 3. The highest BCUT2D eigenvalue weighted by Gasteiger charge is 2.43. The summed E-state index contributed by atoms with van der Waals surface area (Å²) in [5.74, 6) is -3.99. The van der Waals surface area contributed by atoms with Gasteiger partial charge >= 0.3 is 18.0 Å². The number of benzene rings is 3. The van der Waals surface area contributed by atoms with Crippen molar-refractivity contribution in [3.05, 3.63) is 82.2 Å². The number of fused-ring (bicyclic) bond motifs is 2. The highest BCUT2D eigenvalue weighted by Crippen LogP contribution is 2.42. The number of carbonyl (C=O) groups excluding carboxylic acids is 1. The lowest BCUT2D eigenvalue weighted by Gasteiger charge is -2.38. The number of nitrogens with zero attached hydrogens (tertiary/aromatic N) is 1. The van der Waals surface area contributed by atoms with E-state index in [1.165, 1.54) is 36.4 Å². The summed E-state index contributed by atoms with van der Waals surface area (Å²) in [4.78, 5) is 52.8. The number of rotatable bonds is 18. The first-order valence-corrected chi connectivity index (χ1v) is 18.8. The molecule has 320 valence electrons. The fraction of sp³-hybridized carbons (Fsp3) is 0.333. The summed E-state index contributed by atoms with van der Waals surface area (Å²) in [6.07, 6.45) is -4.16. The Bertz CT molecular complexity index is 2300. The van der Waals surface area contributed by atoms with Gasteiger partial charge in [-0.2, -0.15) is 0 Å². The van der Waals surface area contributed by atoms with Gasteiger partial charge in [0.2, 0.25) is 5.76 Å². The maximum Gasteiger partial charge on any atom is 0.407 e. The number of hydrogen-bond acceptors (Lipinski definition) is 14. The molecule has 0 unspecified atom stereocenters. The second-order valence-electron chi connectivity index (χ2n) is 13.4. The maximum atomic E-state index is 12.6. The van der Waals surface area contributed by atoms with Crippen molar-refractivity contribution in [3.63, 3.8) is 0 Å². The molecule has 5 atom stereocenters. The van der Waals surface area contributed by atoms with Crippen molar-refractivity contribution in [2.45, 2.75) is 31.3 Å². The quantitative estimate of drug-likeness (QED) is 0.0222. The summed E-state index contributed by atoms with van der Waals surface area (Å²) in [5, 5.41) is 58.9. The van der Waals surface area contributed by atoms with Gasteiger partial charge in [0.25, 0.3) is 0 Å². The lowest BCUT2D eigenvalue weighted by molar-refractivity contribution is -0.147. The molecule has 0 fully saturated rings. The lowest BCUT2D eigenvalue weighted by Crippen LogP contribution is -2.52. The molecule has 20 nitrogen and oxygen atoms in total. The smallest absolute Gasteiger partial charge is 0.407 e. The van der Waals surface area contributed by atoms with E-state index in [0.717, 1.165) is 0 Å². The molecule has 5 rings (SSSR count). The Morgan fingerprint density at radius 3 is 2.30 bits per heavy atom. The van der Waals surface area contributed by atoms with E-state index in [0.29, 0.717) is 34.3 Å². The number of ether oxygens (including phenoxy) is 4. The Kier molecular flexibility index (Phi) is 15.2. The number of aliphatic hydroxyl groups is 2. The number of nitrogens with two attached hydrogens (primary N) is 2. The first kappa shape index (κ1) is 44.6. The summed E-state index contributed by atoms with van der Waals surface area (Å²) < 4.78 is 27.7. The number of guanidine groups is 1. The zero-order chi connectivity index (χ0) is 43.5. The number of thiocarbonyl (C=S) groups is 1. The summed E-state index contributed by atoms with van der Waals surface area (Å²) in [7, 11) is 0. The van der Waals surface area contributed by atoms with Gasteiger partial charge in [-0.15, -0.1) is 0 Å². The number of phenolic OH excluding ortho intramolecular Hbond substituents is 1. The number of aliphatic imine (C=N–C) groups is 1. The van der Waals surface area contributed by atoms with Crippen LogP contribution in [0.15, 0.2) is 80.6 Å². The van der Waals surface area contributed by atoms with E-state index < -0.39 is 60.7 Å². The van der Waals surface area contributed by atoms with E-state index in [-0.39, 0.29) is 72.1 Å². The van der Waals surface area contributed by atoms with Gasteiger partial charge in [0, 0.05) is 53.3 Å². The van der Waals surface area contributed by atoms with Gasteiger partial charge in [-0.1, -0.05) is 13.0 Å². The number of aliphatic carboxylic acids is 1. The van der Waals surface area contributed by atoms with Crippen molar-refractivity contribution in [1.29, 1.82) is 0 Å². The molecule has 2 heterocycles. The van der Waals surface area contributed by atoms with Crippen LogP contribution in [-0.4, -0.2) is 125 Å². The first-order valence-electron chi connectivity index (χ1n) is 18.4. The number of alkyl carbamates (subject to hydrolysis) is 1. The third-order valence-corrected chi connectivity index (χ3v) is 9.40. The molecule has 21 heteroatoms. The van der Waals surface area contributed by atoms with Crippen molar-refractivity contribution < 1.29 is 63.3 Å². The molecule has 0 bridgehead atoms. The van der Waals surface area contributed by atoms with Crippen LogP contribution >= 0.6 is 12.2 Å². The topological polar surface area (TPSA) is 320 Å². The molecule has 12 N–H and O–H groups in total. The van der Waals surface area contributed by atoms with E-state index in [2.05, 4.69) is 20.9 Å². The van der Waals surface area contributed by atoms with Crippen LogP contribution in [0.5, 0.6) is 5.75 Å². The van der Waals surface area contributed by atoms with Gasteiger partial charge in [0.15, 0.2) is 22.6 Å². The van der Waals surface area contributed by atoms with Crippen LogP contribution in [0, 0.1) is 5.92 Å². The number of anilines is 1. The fourth-order valence-corrected chi connectivity index (χ4v) is 6.59. The molecule has 0 saturated carbocycles. The second-order valence-corrected chi connectivity index (χ2v) is 13.8. The first-order chi connectivity index (χ1) is 28.7. The molecule has 3 aliphatic rings. The Morgan fingerprint density at radius 2 is 1.63 bits per heavy atom. The van der Waals surface area contributed by atoms with E-state index in [4.69, 9.17) is 47.0 Å². The zero-order valence-electron chi connectivity index (χ0n) is 32.0. The highest BCUT2D eigenvalue weighted by atomic mass is 32.1. The number of phenols is 1. The Hall–Kier alpha value is -6.52. The minimum Gasteiger partial charge on any atom is -0.508 e. The number of carboxylic acids is 2. The molecule has 0 saturated heterocycles. The summed E-state index contributed by atoms with van der Waals surface area (Å²) in [6.45, 7) is 1.71. The molecule has 0 radical (unpaired) electrons. The predicted molar refractivity (Wildman–Crippen MR) is 220 cm³/mol. The summed E-state index contributed by atoms with van der Waals surface area (Å²) >= 11 is 5.38. The number of aromatic carboxylic acids is 1. The SMILES string of the molecule is C[C@H]1[C@H]([C@H](OC(=O)NCCOCCOCCNC(=S)Nc2ccc(-c3c4ccc(=O)cc-4oc4cc(O)ccc34)c(C(=O)O)c2)[C@H](O)CO)OC(C(=O)O)=C[C@@H]1N=C(N)N. The third kappa shape index (κ3) is 11.4. The van der Waals surface area contributed by atoms with Crippen LogP contribution in [0.2, 0.25) is 0 Å². The van der Waals surface area contributed by atoms with Gasteiger partial charge in [0.1, 0.15) is 29.3 Å². The molecule has 1 aliphatic carbocycles. The van der Waals surface area contributed by atoms with Crippen LogP contribution in [0.25, 0.3) is 33.4 Å². The average molecular weight is 853 g/mol. The molecule has 0 aromatic heterocycles. The molecular weight excluding hydrogens is 809 g/mol.